The maximum atomic E-state index is 12.5. The zero-order valence-corrected chi connectivity index (χ0v) is 17.2. The predicted molar refractivity (Wildman–Crippen MR) is 110 cm³/mol. The van der Waals surface area contributed by atoms with Crippen molar-refractivity contribution in [2.45, 2.75) is 11.1 Å². The minimum atomic E-state index is -3.81. The summed E-state index contributed by atoms with van der Waals surface area (Å²) < 4.78 is 33.2. The van der Waals surface area contributed by atoms with E-state index in [-0.39, 0.29) is 10.0 Å². The highest BCUT2D eigenvalue weighted by Crippen LogP contribution is 2.34. The number of sulfonamides is 1. The molecule has 11 heteroatoms. The molecule has 0 saturated carbocycles. The monoisotopic (exact) mass is 481 g/mol. The van der Waals surface area contributed by atoms with Crippen LogP contribution in [0.2, 0.25) is 5.15 Å². The Labute approximate surface area is 174 Å². The average molecular weight is 483 g/mol. The molecule has 2 aromatic heterocycles. The number of nitrogens with two attached hydrogens (primary N) is 1. The first-order chi connectivity index (χ1) is 13.3. The fourth-order valence-corrected chi connectivity index (χ4v) is 4.30. The van der Waals surface area contributed by atoms with E-state index < -0.39 is 16.2 Å². The number of aliphatic imine (C=N–C) groups is 1. The number of furan rings is 1. The number of benzene rings is 1. The van der Waals surface area contributed by atoms with Gasteiger partial charge in [-0.1, -0.05) is 11.6 Å². The smallest absolute Gasteiger partial charge is 0.263 e. The van der Waals surface area contributed by atoms with Crippen LogP contribution in [0.25, 0.3) is 0 Å². The lowest BCUT2D eigenvalue weighted by atomic mass is 10.2. The molecule has 1 unspecified atom stereocenters. The van der Waals surface area contributed by atoms with Crippen molar-refractivity contribution in [3.63, 3.8) is 0 Å². The van der Waals surface area contributed by atoms with Crippen molar-refractivity contribution in [3.05, 3.63) is 64.0 Å². The van der Waals surface area contributed by atoms with Crippen molar-refractivity contribution in [3.8, 4) is 0 Å². The molecule has 0 aliphatic carbocycles. The highest BCUT2D eigenvalue weighted by Gasteiger charge is 2.24. The molecule has 0 amide bonds. The maximum absolute atomic E-state index is 12.5. The van der Waals surface area contributed by atoms with Gasteiger partial charge in [0, 0.05) is 17.6 Å². The van der Waals surface area contributed by atoms with Gasteiger partial charge < -0.3 is 15.1 Å². The number of fused-ring (bicyclic) bond motifs is 1. The molecule has 0 spiro atoms. The van der Waals surface area contributed by atoms with Crippen molar-refractivity contribution < 1.29 is 12.8 Å². The van der Waals surface area contributed by atoms with Crippen LogP contribution in [-0.2, 0) is 10.0 Å². The summed E-state index contributed by atoms with van der Waals surface area (Å²) in [6.07, 6.45) is 3.85. The van der Waals surface area contributed by atoms with Crippen LogP contribution in [-0.4, -0.2) is 19.7 Å². The summed E-state index contributed by atoms with van der Waals surface area (Å²) in [5.74, 6) is 0.482. The van der Waals surface area contributed by atoms with Crippen LogP contribution >= 0.6 is 27.5 Å². The molecule has 8 nitrogen and oxygen atoms in total. The molecule has 3 heterocycles. The second-order valence-corrected chi connectivity index (χ2v) is 8.77. The zero-order valence-electron chi connectivity index (χ0n) is 14.1. The predicted octanol–water partition coefficient (Wildman–Crippen LogP) is 4.03. The molecule has 0 fully saturated rings. The minimum absolute atomic E-state index is 0.00877. The molecular formula is C17H13BrClN5O3S. The summed E-state index contributed by atoms with van der Waals surface area (Å²) in [7, 11) is -3.81. The summed E-state index contributed by atoms with van der Waals surface area (Å²) in [6.45, 7) is 0. The molecule has 144 valence electrons. The van der Waals surface area contributed by atoms with Crippen molar-refractivity contribution in [1.29, 1.82) is 0 Å². The molecule has 1 aliphatic rings. The van der Waals surface area contributed by atoms with E-state index in [1.165, 1.54) is 18.5 Å². The highest BCUT2D eigenvalue weighted by molar-refractivity contribution is 9.10. The fourth-order valence-electron chi connectivity index (χ4n) is 2.67. The number of anilines is 2. The third-order valence-electron chi connectivity index (χ3n) is 4.09. The number of aromatic nitrogens is 1. The van der Waals surface area contributed by atoms with Crippen LogP contribution in [0.5, 0.6) is 0 Å². The molecule has 3 aromatic rings. The topological polar surface area (TPSA) is 114 Å². The van der Waals surface area contributed by atoms with Gasteiger partial charge in [-0.25, -0.2) is 18.4 Å². The number of pyridine rings is 1. The number of hydrogen-bond acceptors (Lipinski definition) is 7. The lowest BCUT2D eigenvalue weighted by molar-refractivity contribution is 0.567. The number of nitrogens with one attached hydrogen (secondary N) is 1. The number of halogens is 2. The summed E-state index contributed by atoms with van der Waals surface area (Å²) >= 11 is 8.98. The minimum Gasteiger partial charge on any atom is -0.446 e. The van der Waals surface area contributed by atoms with Crippen LogP contribution in [0.15, 0.2) is 67.6 Å². The van der Waals surface area contributed by atoms with Gasteiger partial charge in [-0.3, -0.25) is 4.72 Å². The van der Waals surface area contributed by atoms with Gasteiger partial charge in [-0.05, 0) is 52.3 Å². The third-order valence-corrected chi connectivity index (χ3v) is 6.57. The Bertz CT molecular complexity index is 1160. The number of hydrogen-bond donors (Lipinski definition) is 2. The summed E-state index contributed by atoms with van der Waals surface area (Å²) in [6, 6.07) is 9.91. The van der Waals surface area contributed by atoms with Gasteiger partial charge in [-0.2, -0.15) is 0 Å². The number of nitrogens with zero attached hydrogens (tertiary/aromatic N) is 3. The summed E-state index contributed by atoms with van der Waals surface area (Å²) in [5.41, 5.74) is 8.16. The first-order valence-electron chi connectivity index (χ1n) is 7.94. The van der Waals surface area contributed by atoms with E-state index in [9.17, 15) is 8.42 Å². The molecular weight excluding hydrogens is 470 g/mol. The summed E-state index contributed by atoms with van der Waals surface area (Å²) in [4.78, 5) is 9.81. The largest absolute Gasteiger partial charge is 0.446 e. The third kappa shape index (κ3) is 3.51. The second-order valence-electron chi connectivity index (χ2n) is 5.87. The molecule has 3 N–H and O–H groups in total. The maximum Gasteiger partial charge on any atom is 0.263 e. The van der Waals surface area contributed by atoms with E-state index in [1.54, 1.807) is 41.6 Å². The lowest BCUT2D eigenvalue weighted by Crippen LogP contribution is -2.35. The van der Waals surface area contributed by atoms with Gasteiger partial charge in [0.25, 0.3) is 10.0 Å². The molecule has 1 atom stereocenters. The van der Waals surface area contributed by atoms with Gasteiger partial charge in [-0.15, -0.1) is 0 Å². The van der Waals surface area contributed by atoms with Crippen LogP contribution < -0.4 is 15.4 Å². The van der Waals surface area contributed by atoms with E-state index >= 15 is 0 Å². The Morgan fingerprint density at radius 3 is 2.71 bits per heavy atom. The van der Waals surface area contributed by atoms with Crippen LogP contribution in [0.3, 0.4) is 0 Å². The molecule has 28 heavy (non-hydrogen) atoms. The van der Waals surface area contributed by atoms with Crippen molar-refractivity contribution in [2.24, 2.45) is 10.7 Å². The fraction of sp³-hybridized carbons (Fsp3) is 0.0588. The van der Waals surface area contributed by atoms with E-state index in [2.05, 4.69) is 30.6 Å². The quantitative estimate of drug-likeness (QED) is 0.543. The SMILES string of the molecule is NC1c2ccoc2N=CN1c1ccc(NS(=O)(=O)c2cnc(Cl)c(Br)c2)cc1. The van der Waals surface area contributed by atoms with Gasteiger partial charge >= 0.3 is 0 Å². The average Bonchev–Trinajstić information content (AvgIpc) is 3.14. The Kier molecular flexibility index (Phi) is 4.88. The number of rotatable bonds is 4. The second kappa shape index (κ2) is 7.21. The molecule has 0 radical (unpaired) electrons. The summed E-state index contributed by atoms with van der Waals surface area (Å²) in [5, 5.41) is 0.184. The Morgan fingerprint density at radius 2 is 2.00 bits per heavy atom. The van der Waals surface area contributed by atoms with Gasteiger partial charge in [0.1, 0.15) is 22.6 Å². The standard InChI is InChI=1S/C17H13BrClN5O3S/c18-14-7-12(8-21-15(14)19)28(25,26)23-10-1-3-11(4-2-10)24-9-22-17-13(16(24)20)5-6-27-17/h1-9,16,23H,20H2. The van der Waals surface area contributed by atoms with Crippen LogP contribution in [0, 0.1) is 0 Å². The highest BCUT2D eigenvalue weighted by atomic mass is 79.9. The van der Waals surface area contributed by atoms with Gasteiger partial charge in [0.05, 0.1) is 16.3 Å². The van der Waals surface area contributed by atoms with Crippen molar-refractivity contribution >= 4 is 61.2 Å². The first-order valence-corrected chi connectivity index (χ1v) is 10.6. The van der Waals surface area contributed by atoms with E-state index in [0.717, 1.165) is 11.3 Å². The molecule has 0 bridgehead atoms. The van der Waals surface area contributed by atoms with Crippen LogP contribution in [0.4, 0.5) is 17.3 Å². The molecule has 1 aromatic carbocycles. The van der Waals surface area contributed by atoms with Crippen molar-refractivity contribution in [1.82, 2.24) is 4.98 Å². The Balaban J connectivity index is 1.54. The normalized spacial score (nSPS) is 16.1. The lowest BCUT2D eigenvalue weighted by Gasteiger charge is -2.29. The van der Waals surface area contributed by atoms with Crippen molar-refractivity contribution in [2.75, 3.05) is 9.62 Å². The molecule has 4 rings (SSSR count). The van der Waals surface area contributed by atoms with E-state index in [0.29, 0.717) is 16.0 Å². The van der Waals surface area contributed by atoms with Crippen LogP contribution in [0.1, 0.15) is 11.7 Å². The Hall–Kier alpha value is -2.40. The van der Waals surface area contributed by atoms with E-state index in [1.807, 2.05) is 0 Å². The Morgan fingerprint density at radius 1 is 1.25 bits per heavy atom. The molecule has 1 aliphatic heterocycles. The van der Waals surface area contributed by atoms with Gasteiger partial charge in [0.2, 0.25) is 5.88 Å². The zero-order chi connectivity index (χ0) is 19.9. The van der Waals surface area contributed by atoms with E-state index in [4.69, 9.17) is 21.8 Å². The first kappa shape index (κ1) is 18.9. The van der Waals surface area contributed by atoms with Gasteiger partial charge in [0.15, 0.2) is 0 Å². The molecule has 0 saturated heterocycles.